The first-order valence-electron chi connectivity index (χ1n) is 6.54. The third-order valence-corrected chi connectivity index (χ3v) is 4.61. The second kappa shape index (κ2) is 9.49. The molecule has 0 amide bonds. The highest BCUT2D eigenvalue weighted by molar-refractivity contribution is 7.81. The molecule has 0 N–H and O–H groups in total. The fraction of sp³-hybridized carbons (Fsp3) is 1.00. The maximum Gasteiger partial charge on any atom is 0.220 e. The van der Waals surface area contributed by atoms with Crippen LogP contribution in [0, 0.1) is 0 Å². The molecule has 176 valence electrons. The summed E-state index contributed by atoms with van der Waals surface area (Å²) in [7, 11) is -23.6. The van der Waals surface area contributed by atoms with Crippen molar-refractivity contribution in [2.45, 2.75) is 30.7 Å². The monoisotopic (exact) mass is 521 g/mol. The van der Waals surface area contributed by atoms with Crippen molar-refractivity contribution in [3.8, 4) is 0 Å². The summed E-state index contributed by atoms with van der Waals surface area (Å²) in [5.41, 5.74) is 8.31. The van der Waals surface area contributed by atoms with Gasteiger partial charge in [-0.05, 0) is 5.53 Å². The molecule has 0 radical (unpaired) electrons. The summed E-state index contributed by atoms with van der Waals surface area (Å²) in [6, 6.07) is 0. The van der Waals surface area contributed by atoms with Crippen molar-refractivity contribution in [2.75, 3.05) is 6.54 Å². The Morgan fingerprint density at radius 2 is 1.13 bits per heavy atom. The minimum absolute atomic E-state index is 1.12. The van der Waals surface area contributed by atoms with Gasteiger partial charge in [-0.25, -0.2) is 37.9 Å². The topological polar surface area (TPSA) is 324 Å². The van der Waals surface area contributed by atoms with Gasteiger partial charge in [0.2, 0.25) is 47.9 Å². The molecule has 1 saturated heterocycles. The normalized spacial score (nSPS) is 28.6. The van der Waals surface area contributed by atoms with Crippen molar-refractivity contribution in [1.29, 1.82) is 0 Å². The first kappa shape index (κ1) is 26.8. The lowest BCUT2D eigenvalue weighted by atomic mass is 9.99. The molecule has 5 atom stereocenters. The molecule has 1 rings (SSSR count). The van der Waals surface area contributed by atoms with E-state index in [9.17, 15) is 51.9 Å². The van der Waals surface area contributed by atoms with E-state index in [2.05, 4.69) is 31.5 Å². The molecule has 30 heavy (non-hydrogen) atoms. The summed E-state index contributed by atoms with van der Waals surface area (Å²) in [4.78, 5) is 2.18. The van der Waals surface area contributed by atoms with Crippen LogP contribution in [0.4, 0.5) is 0 Å². The van der Waals surface area contributed by atoms with Crippen LogP contribution in [0.15, 0.2) is 5.11 Å². The summed E-state index contributed by atoms with van der Waals surface area (Å²) in [6.07, 6.45) is -13.8. The molecule has 0 bridgehead atoms. The van der Waals surface area contributed by atoms with Crippen molar-refractivity contribution in [2.24, 2.45) is 5.11 Å². The summed E-state index contributed by atoms with van der Waals surface area (Å²) in [6.45, 7) is -1.12. The van der Waals surface area contributed by atoms with E-state index in [0.29, 0.717) is 0 Å². The Labute approximate surface area is 168 Å². The van der Waals surface area contributed by atoms with Gasteiger partial charge in [0.25, 0.3) is 0 Å². The van der Waals surface area contributed by atoms with Crippen LogP contribution in [0.25, 0.3) is 10.4 Å². The fourth-order valence-electron chi connectivity index (χ4n) is 2.07. The molecule has 0 aromatic heterocycles. The van der Waals surface area contributed by atoms with Crippen LogP contribution in [0.2, 0.25) is 0 Å². The lowest BCUT2D eigenvalue weighted by molar-refractivity contribution is -0.254. The predicted molar refractivity (Wildman–Crippen MR) is 77.2 cm³/mol. The van der Waals surface area contributed by atoms with Gasteiger partial charge in [-0.2, -0.15) is 0 Å². The van der Waals surface area contributed by atoms with E-state index in [0.717, 1.165) is 0 Å². The third kappa shape index (κ3) is 9.71. The van der Waals surface area contributed by atoms with Crippen LogP contribution in [0.5, 0.6) is 0 Å². The first-order chi connectivity index (χ1) is 13.3. The van der Waals surface area contributed by atoms with Crippen LogP contribution < -0.4 is 0 Å². The van der Waals surface area contributed by atoms with Crippen LogP contribution in [0.1, 0.15) is 0 Å². The number of hydrogen-bond acceptors (Lipinski definition) is 18. The largest absolute Gasteiger partial charge is 0.726 e. The van der Waals surface area contributed by atoms with E-state index in [1.54, 1.807) is 0 Å². The Kier molecular flexibility index (Phi) is 8.47. The van der Waals surface area contributed by atoms with Gasteiger partial charge < -0.3 is 22.9 Å². The summed E-state index contributed by atoms with van der Waals surface area (Å²) < 4.78 is 150. The Bertz CT molecular complexity index is 1090. The van der Waals surface area contributed by atoms with Gasteiger partial charge >= 0.3 is 0 Å². The van der Waals surface area contributed by atoms with E-state index >= 15 is 0 Å². The molecule has 20 nitrogen and oxygen atoms in total. The highest BCUT2D eigenvalue weighted by Crippen LogP contribution is 2.32. The second-order valence-corrected chi connectivity index (χ2v) is 8.90. The first-order valence-corrected chi connectivity index (χ1v) is 11.9. The van der Waals surface area contributed by atoms with Crippen LogP contribution in [-0.4, -0.2) is 89.1 Å². The lowest BCUT2D eigenvalue weighted by Crippen LogP contribution is -2.62. The van der Waals surface area contributed by atoms with Crippen molar-refractivity contribution in [1.82, 2.24) is 0 Å². The average molecular weight is 521 g/mol. The van der Waals surface area contributed by atoms with E-state index in [1.165, 1.54) is 0 Å². The SMILES string of the molecule is [N-]=[N+]=NCC1OC(OS(=O)(=O)[O-])C(OS(=O)(=O)[O-])C(OS(=O)(=O)[O-])C1OS(=O)(=O)[O-]. The standard InChI is InChI=1S/C6H11N3O17S4/c7-9-8-1-2-3(23-27(10,11)12)4(24-28(13,14)15)5(25-29(16,17)18)6(22-2)26-30(19,20)21/h2-6H,1H2,(H,10,11,12)(H,13,14,15)(H,16,17,18)(H,19,20,21)/p-4. The molecule has 0 aliphatic carbocycles. The molecule has 0 saturated carbocycles. The van der Waals surface area contributed by atoms with E-state index in [-0.39, 0.29) is 0 Å². The lowest BCUT2D eigenvalue weighted by Gasteiger charge is -2.44. The zero-order chi connectivity index (χ0) is 23.5. The Balaban J connectivity index is 3.65. The van der Waals surface area contributed by atoms with Gasteiger partial charge in [0.15, 0.2) is 6.10 Å². The number of azide groups is 1. The van der Waals surface area contributed by atoms with Crippen molar-refractivity contribution in [3.05, 3.63) is 10.4 Å². The smallest absolute Gasteiger partial charge is 0.220 e. The molecule has 5 unspecified atom stereocenters. The molecule has 0 aromatic carbocycles. The van der Waals surface area contributed by atoms with Gasteiger partial charge in [0, 0.05) is 4.91 Å². The second-order valence-electron chi connectivity index (χ2n) is 4.87. The van der Waals surface area contributed by atoms with E-state index < -0.39 is 78.8 Å². The van der Waals surface area contributed by atoms with Gasteiger partial charge in [-0.1, -0.05) is 5.11 Å². The predicted octanol–water partition coefficient (Wildman–Crippen LogP) is -3.97. The minimum atomic E-state index is -5.96. The molecule has 24 heteroatoms. The van der Waals surface area contributed by atoms with Crippen molar-refractivity contribution < 1.29 is 73.4 Å². The summed E-state index contributed by atoms with van der Waals surface area (Å²) >= 11 is 0. The van der Waals surface area contributed by atoms with Crippen molar-refractivity contribution >= 4 is 41.6 Å². The molecule has 1 aliphatic heterocycles. The fourth-order valence-corrected chi connectivity index (χ4v) is 3.93. The Hall–Kier alpha value is -1.25. The van der Waals surface area contributed by atoms with Gasteiger partial charge in [-0.3, -0.25) is 12.5 Å². The Morgan fingerprint density at radius 3 is 1.53 bits per heavy atom. The molecule has 1 fully saturated rings. The quantitative estimate of drug-likeness (QED) is 0.0869. The molecule has 0 spiro atoms. The third-order valence-electron chi connectivity index (χ3n) is 2.82. The van der Waals surface area contributed by atoms with Crippen LogP contribution in [0.3, 0.4) is 0 Å². The maximum atomic E-state index is 10.9. The summed E-state index contributed by atoms with van der Waals surface area (Å²) in [5.74, 6) is 0. The van der Waals surface area contributed by atoms with Crippen molar-refractivity contribution in [3.63, 3.8) is 0 Å². The highest BCUT2D eigenvalue weighted by Gasteiger charge is 2.52. The van der Waals surface area contributed by atoms with Crippen LogP contribution >= 0.6 is 0 Å². The zero-order valence-corrected chi connectivity index (χ0v) is 16.8. The molecule has 1 aliphatic rings. The molecular weight excluding hydrogens is 514 g/mol. The number of rotatable bonds is 10. The van der Waals surface area contributed by atoms with E-state index in [4.69, 9.17) is 5.53 Å². The number of hydrogen-bond donors (Lipinski definition) is 0. The van der Waals surface area contributed by atoms with Gasteiger partial charge in [-0.15, -0.1) is 0 Å². The number of nitrogens with zero attached hydrogens (tertiary/aromatic N) is 3. The molecular formula is C6H7N3O17S4-4. The zero-order valence-electron chi connectivity index (χ0n) is 13.5. The highest BCUT2D eigenvalue weighted by atomic mass is 32.3. The maximum absolute atomic E-state index is 10.9. The summed E-state index contributed by atoms with van der Waals surface area (Å²) in [5, 5.41) is 2.83. The van der Waals surface area contributed by atoms with Gasteiger partial charge in [0.05, 0.1) is 12.6 Å². The molecule has 1 heterocycles. The minimum Gasteiger partial charge on any atom is -0.726 e. The molecule has 0 aromatic rings. The van der Waals surface area contributed by atoms with Gasteiger partial charge in [0.1, 0.15) is 12.2 Å². The number of ether oxygens (including phenoxy) is 1. The van der Waals surface area contributed by atoms with E-state index in [1.807, 2.05) is 0 Å². The Morgan fingerprint density at radius 1 is 0.733 bits per heavy atom. The average Bonchev–Trinajstić information content (AvgIpc) is 2.46. The van der Waals surface area contributed by atoms with Crippen LogP contribution in [-0.2, 0) is 63.1 Å².